The van der Waals surface area contributed by atoms with E-state index in [1.54, 1.807) is 6.07 Å². The number of rotatable bonds is 5. The summed E-state index contributed by atoms with van der Waals surface area (Å²) in [4.78, 5) is 21.4. The fraction of sp³-hybridized carbons (Fsp3) is 0.417. The summed E-state index contributed by atoms with van der Waals surface area (Å²) in [6, 6.07) is 5.12. The van der Waals surface area contributed by atoms with Gasteiger partial charge in [0.2, 0.25) is 5.91 Å². The Bertz CT molecular complexity index is 507. The number of nitro benzene ring substituents is 1. The molecule has 2 N–H and O–H groups in total. The van der Waals surface area contributed by atoms with Crippen molar-refractivity contribution in [3.63, 3.8) is 0 Å². The minimum absolute atomic E-state index is 0.0634. The molecule has 1 heterocycles. The quantitative estimate of drug-likeness (QED) is 0.637. The molecule has 1 aliphatic heterocycles. The van der Waals surface area contributed by atoms with Gasteiger partial charge in [0.1, 0.15) is 0 Å². The second kappa shape index (κ2) is 6.12. The number of nitro groups is 1. The van der Waals surface area contributed by atoms with E-state index in [9.17, 15) is 14.9 Å². The van der Waals surface area contributed by atoms with Crippen LogP contribution in [-0.4, -0.2) is 23.4 Å². The van der Waals surface area contributed by atoms with E-state index >= 15 is 0 Å². The molecule has 1 saturated heterocycles. The molecule has 1 atom stereocenters. The number of carbonyl (C=O) groups is 1. The van der Waals surface area contributed by atoms with Gasteiger partial charge >= 0.3 is 0 Å². The third kappa shape index (κ3) is 3.51. The Morgan fingerprint density at radius 1 is 1.53 bits per heavy atom. The largest absolute Gasteiger partial charge is 0.352 e. The monoisotopic (exact) mass is 327 g/mol. The minimum atomic E-state index is -0.412. The smallest absolute Gasteiger partial charge is 0.283 e. The summed E-state index contributed by atoms with van der Waals surface area (Å²) in [5, 5.41) is 16.9. The predicted molar refractivity (Wildman–Crippen MR) is 73.7 cm³/mol. The van der Waals surface area contributed by atoms with Gasteiger partial charge in [-0.3, -0.25) is 14.9 Å². The van der Waals surface area contributed by atoms with Crippen LogP contribution in [0.5, 0.6) is 0 Å². The molecule has 2 rings (SSSR count). The first kappa shape index (κ1) is 14.0. The molecule has 1 unspecified atom stereocenters. The van der Waals surface area contributed by atoms with Gasteiger partial charge in [0, 0.05) is 31.6 Å². The second-order valence-corrected chi connectivity index (χ2v) is 5.23. The van der Waals surface area contributed by atoms with E-state index in [-0.39, 0.29) is 17.6 Å². The summed E-state index contributed by atoms with van der Waals surface area (Å²) in [7, 11) is 0. The average molecular weight is 328 g/mol. The molecule has 19 heavy (non-hydrogen) atoms. The molecule has 1 aliphatic rings. The highest BCUT2D eigenvalue weighted by molar-refractivity contribution is 9.10. The second-order valence-electron chi connectivity index (χ2n) is 4.44. The number of halogens is 1. The lowest BCUT2D eigenvalue weighted by Gasteiger charge is -2.12. The Morgan fingerprint density at radius 2 is 2.32 bits per heavy atom. The predicted octanol–water partition coefficient (Wildman–Crippen LogP) is 1.73. The van der Waals surface area contributed by atoms with Crippen molar-refractivity contribution in [2.75, 3.05) is 6.54 Å². The first-order valence-corrected chi connectivity index (χ1v) is 6.79. The lowest BCUT2D eigenvalue weighted by molar-refractivity contribution is -0.385. The third-order valence-electron chi connectivity index (χ3n) is 3.05. The van der Waals surface area contributed by atoms with E-state index in [2.05, 4.69) is 26.6 Å². The molecule has 1 aromatic rings. The van der Waals surface area contributed by atoms with Crippen molar-refractivity contribution in [1.29, 1.82) is 0 Å². The lowest BCUT2D eigenvalue weighted by atomic mass is 10.2. The van der Waals surface area contributed by atoms with Crippen molar-refractivity contribution >= 4 is 27.5 Å². The van der Waals surface area contributed by atoms with E-state index in [4.69, 9.17) is 0 Å². The Kier molecular flexibility index (Phi) is 4.49. The van der Waals surface area contributed by atoms with Gasteiger partial charge in [-0.15, -0.1) is 0 Å². The van der Waals surface area contributed by atoms with E-state index < -0.39 is 4.92 Å². The van der Waals surface area contributed by atoms with E-state index in [1.165, 1.54) is 6.07 Å². The van der Waals surface area contributed by atoms with Gasteiger partial charge in [0.05, 0.1) is 9.40 Å². The molecule has 0 aromatic heterocycles. The Balaban J connectivity index is 1.91. The molecule has 0 saturated carbocycles. The zero-order chi connectivity index (χ0) is 13.8. The van der Waals surface area contributed by atoms with E-state index in [1.807, 2.05) is 6.07 Å². The number of hydrogen-bond donors (Lipinski definition) is 2. The summed E-state index contributed by atoms with van der Waals surface area (Å²) in [5.41, 5.74) is 0.895. The number of nitrogens with one attached hydrogen (secondary N) is 2. The van der Waals surface area contributed by atoms with Crippen LogP contribution in [-0.2, 0) is 11.3 Å². The summed E-state index contributed by atoms with van der Waals surface area (Å²) < 4.78 is 0.503. The molecule has 0 aliphatic carbocycles. The van der Waals surface area contributed by atoms with Crippen LogP contribution in [0.25, 0.3) is 0 Å². The average Bonchev–Trinajstić information content (AvgIpc) is 2.77. The van der Waals surface area contributed by atoms with Crippen LogP contribution in [0.1, 0.15) is 18.4 Å². The van der Waals surface area contributed by atoms with Gasteiger partial charge in [-0.25, -0.2) is 0 Å². The molecule has 102 valence electrons. The molecule has 7 heteroatoms. The van der Waals surface area contributed by atoms with Crippen LogP contribution < -0.4 is 10.6 Å². The highest BCUT2D eigenvalue weighted by Crippen LogP contribution is 2.28. The van der Waals surface area contributed by atoms with Crippen molar-refractivity contribution in [2.45, 2.75) is 25.4 Å². The molecular weight excluding hydrogens is 314 g/mol. The van der Waals surface area contributed by atoms with Crippen molar-refractivity contribution in [3.05, 3.63) is 38.3 Å². The van der Waals surface area contributed by atoms with Crippen LogP contribution >= 0.6 is 15.9 Å². The van der Waals surface area contributed by atoms with Crippen molar-refractivity contribution in [2.24, 2.45) is 0 Å². The molecule has 1 fully saturated rings. The fourth-order valence-corrected chi connectivity index (χ4v) is 2.60. The van der Waals surface area contributed by atoms with Gasteiger partial charge in [-0.05, 0) is 27.9 Å². The normalized spacial score (nSPS) is 18.4. The van der Waals surface area contributed by atoms with Gasteiger partial charge in [0.15, 0.2) is 0 Å². The summed E-state index contributed by atoms with van der Waals surface area (Å²) in [6.45, 7) is 1.19. The minimum Gasteiger partial charge on any atom is -0.352 e. The zero-order valence-corrected chi connectivity index (χ0v) is 11.8. The van der Waals surface area contributed by atoms with Gasteiger partial charge in [0.25, 0.3) is 5.69 Å². The fourth-order valence-electron chi connectivity index (χ4n) is 2.06. The summed E-state index contributed by atoms with van der Waals surface area (Å²) >= 11 is 3.25. The molecule has 1 amide bonds. The molecule has 1 aromatic carbocycles. The van der Waals surface area contributed by atoms with Crippen molar-refractivity contribution < 1.29 is 9.72 Å². The van der Waals surface area contributed by atoms with Gasteiger partial charge in [-0.2, -0.15) is 0 Å². The maximum atomic E-state index is 11.0. The Labute approximate surface area is 118 Å². The third-order valence-corrected chi connectivity index (χ3v) is 3.96. The molecule has 0 bridgehead atoms. The van der Waals surface area contributed by atoms with Crippen LogP contribution in [0.15, 0.2) is 22.7 Å². The first-order valence-electron chi connectivity index (χ1n) is 6.00. The maximum Gasteiger partial charge on any atom is 0.283 e. The number of hydrogen-bond acceptors (Lipinski definition) is 4. The highest BCUT2D eigenvalue weighted by atomic mass is 79.9. The molecular formula is C12H14BrN3O3. The van der Waals surface area contributed by atoms with Crippen molar-refractivity contribution in [1.82, 2.24) is 10.6 Å². The Morgan fingerprint density at radius 3 is 2.95 bits per heavy atom. The van der Waals surface area contributed by atoms with Crippen LogP contribution in [0.3, 0.4) is 0 Å². The number of nitrogens with zero attached hydrogens (tertiary/aromatic N) is 1. The molecule has 0 spiro atoms. The topological polar surface area (TPSA) is 84.3 Å². The maximum absolute atomic E-state index is 11.0. The van der Waals surface area contributed by atoms with Crippen molar-refractivity contribution in [3.8, 4) is 0 Å². The summed E-state index contributed by atoms with van der Waals surface area (Å²) in [5.74, 6) is 0.0864. The molecule has 0 radical (unpaired) electrons. The number of amides is 1. The van der Waals surface area contributed by atoms with Gasteiger partial charge < -0.3 is 10.6 Å². The number of benzene rings is 1. The van der Waals surface area contributed by atoms with Crippen LogP contribution in [0.4, 0.5) is 5.69 Å². The van der Waals surface area contributed by atoms with Crippen LogP contribution in [0, 0.1) is 10.1 Å². The first-order chi connectivity index (χ1) is 9.08. The Hall–Kier alpha value is -1.47. The number of carbonyl (C=O) groups excluding carboxylic acids is 1. The van der Waals surface area contributed by atoms with Gasteiger partial charge in [-0.1, -0.05) is 12.1 Å². The molecule has 6 nitrogen and oxygen atoms in total. The lowest BCUT2D eigenvalue weighted by Crippen LogP contribution is -2.35. The highest BCUT2D eigenvalue weighted by Gasteiger charge is 2.20. The standard InChI is InChI=1S/C12H14BrN3O3/c13-12-8(2-1-3-10(12)16(18)19)6-14-7-9-4-5-11(17)15-9/h1-3,9,14H,4-7H2,(H,15,17). The van der Waals surface area contributed by atoms with E-state index in [0.29, 0.717) is 24.0 Å². The SMILES string of the molecule is O=C1CCC(CNCc2cccc([N+](=O)[O-])c2Br)N1. The summed E-state index contributed by atoms with van der Waals surface area (Å²) in [6.07, 6.45) is 1.41. The van der Waals surface area contributed by atoms with E-state index in [0.717, 1.165) is 12.0 Å². The zero-order valence-electron chi connectivity index (χ0n) is 10.2. The van der Waals surface area contributed by atoms with Crippen LogP contribution in [0.2, 0.25) is 0 Å².